The van der Waals surface area contributed by atoms with E-state index in [1.165, 1.54) is 12.8 Å². The van der Waals surface area contributed by atoms with Crippen molar-refractivity contribution in [3.8, 4) is 5.75 Å². The Morgan fingerprint density at radius 1 is 1.10 bits per heavy atom. The molecule has 1 aromatic carbocycles. The second-order valence-corrected chi connectivity index (χ2v) is 5.09. The lowest BCUT2D eigenvalue weighted by Gasteiger charge is -2.17. The third-order valence-corrected chi connectivity index (χ3v) is 3.42. The SMILES string of the molecule is CCCCCOc1ccc(NC(=O)CN(CC)CC)cc1. The second-order valence-electron chi connectivity index (χ2n) is 5.09. The number of nitrogens with zero attached hydrogens (tertiary/aromatic N) is 1. The van der Waals surface area contributed by atoms with E-state index >= 15 is 0 Å². The number of carbonyl (C=O) groups excluding carboxylic acids is 1. The molecular formula is C17H28N2O2. The molecule has 1 N–H and O–H groups in total. The van der Waals surface area contributed by atoms with E-state index in [0.29, 0.717) is 6.54 Å². The zero-order valence-corrected chi connectivity index (χ0v) is 13.5. The van der Waals surface area contributed by atoms with E-state index in [0.717, 1.165) is 37.6 Å². The lowest BCUT2D eigenvalue weighted by Crippen LogP contribution is -2.32. The standard InChI is InChI=1S/C17H28N2O2/c1-4-7-8-13-21-16-11-9-15(10-12-16)18-17(20)14-19(5-2)6-3/h9-12H,4-8,13-14H2,1-3H3,(H,18,20). The summed E-state index contributed by atoms with van der Waals surface area (Å²) >= 11 is 0. The van der Waals surface area contributed by atoms with Crippen LogP contribution in [0.25, 0.3) is 0 Å². The maximum Gasteiger partial charge on any atom is 0.238 e. The van der Waals surface area contributed by atoms with Crippen molar-refractivity contribution in [1.29, 1.82) is 0 Å². The largest absolute Gasteiger partial charge is 0.494 e. The van der Waals surface area contributed by atoms with Crippen molar-refractivity contribution in [3.05, 3.63) is 24.3 Å². The Labute approximate surface area is 128 Å². The molecule has 0 heterocycles. The van der Waals surface area contributed by atoms with Crippen LogP contribution in [0.5, 0.6) is 5.75 Å². The van der Waals surface area contributed by atoms with Crippen LogP contribution in [0.2, 0.25) is 0 Å². The summed E-state index contributed by atoms with van der Waals surface area (Å²) in [6.45, 7) is 9.24. The lowest BCUT2D eigenvalue weighted by atomic mass is 10.2. The van der Waals surface area contributed by atoms with Gasteiger partial charge in [-0.05, 0) is 43.8 Å². The van der Waals surface area contributed by atoms with Crippen LogP contribution in [0.4, 0.5) is 5.69 Å². The minimum absolute atomic E-state index is 0.0234. The van der Waals surface area contributed by atoms with Crippen molar-refractivity contribution in [2.24, 2.45) is 0 Å². The number of benzene rings is 1. The van der Waals surface area contributed by atoms with Gasteiger partial charge in [0.25, 0.3) is 0 Å². The van der Waals surface area contributed by atoms with Crippen molar-refractivity contribution >= 4 is 11.6 Å². The zero-order chi connectivity index (χ0) is 15.5. The van der Waals surface area contributed by atoms with Crippen molar-refractivity contribution in [3.63, 3.8) is 0 Å². The van der Waals surface area contributed by atoms with Gasteiger partial charge in [-0.3, -0.25) is 9.69 Å². The Morgan fingerprint density at radius 2 is 1.76 bits per heavy atom. The summed E-state index contributed by atoms with van der Waals surface area (Å²) in [5, 5.41) is 2.91. The predicted molar refractivity (Wildman–Crippen MR) is 87.9 cm³/mol. The molecule has 0 saturated heterocycles. The number of carbonyl (C=O) groups is 1. The number of hydrogen-bond acceptors (Lipinski definition) is 3. The summed E-state index contributed by atoms with van der Waals surface area (Å²) in [6, 6.07) is 7.57. The monoisotopic (exact) mass is 292 g/mol. The van der Waals surface area contributed by atoms with E-state index in [1.807, 2.05) is 24.3 Å². The molecule has 0 radical (unpaired) electrons. The molecule has 0 aliphatic heterocycles. The van der Waals surface area contributed by atoms with Gasteiger partial charge in [-0.15, -0.1) is 0 Å². The van der Waals surface area contributed by atoms with Crippen LogP contribution in [-0.2, 0) is 4.79 Å². The first-order valence-corrected chi connectivity index (χ1v) is 7.94. The van der Waals surface area contributed by atoms with E-state index in [4.69, 9.17) is 4.74 Å². The number of ether oxygens (including phenoxy) is 1. The van der Waals surface area contributed by atoms with E-state index in [1.54, 1.807) is 0 Å². The Kier molecular flexibility index (Phi) is 8.51. The van der Waals surface area contributed by atoms with Gasteiger partial charge in [-0.1, -0.05) is 33.6 Å². The van der Waals surface area contributed by atoms with Gasteiger partial charge in [-0.2, -0.15) is 0 Å². The number of rotatable bonds is 10. The zero-order valence-electron chi connectivity index (χ0n) is 13.5. The minimum atomic E-state index is 0.0234. The highest BCUT2D eigenvalue weighted by Crippen LogP contribution is 2.16. The van der Waals surface area contributed by atoms with Crippen LogP contribution in [0, 0.1) is 0 Å². The lowest BCUT2D eigenvalue weighted by molar-refractivity contribution is -0.117. The van der Waals surface area contributed by atoms with Crippen LogP contribution < -0.4 is 10.1 Å². The fourth-order valence-electron chi connectivity index (χ4n) is 2.03. The van der Waals surface area contributed by atoms with Crippen molar-refractivity contribution < 1.29 is 9.53 Å². The maximum atomic E-state index is 11.9. The number of likely N-dealkylation sites (N-methyl/N-ethyl adjacent to an activating group) is 1. The molecule has 4 heteroatoms. The maximum absolute atomic E-state index is 11.9. The van der Waals surface area contributed by atoms with Gasteiger partial charge in [0.2, 0.25) is 5.91 Å². The van der Waals surface area contributed by atoms with Gasteiger partial charge in [0.1, 0.15) is 5.75 Å². The van der Waals surface area contributed by atoms with Crippen molar-refractivity contribution in [2.75, 3.05) is 31.6 Å². The third-order valence-electron chi connectivity index (χ3n) is 3.42. The Balaban J connectivity index is 2.38. The summed E-state index contributed by atoms with van der Waals surface area (Å²) in [6.07, 6.45) is 3.47. The van der Waals surface area contributed by atoms with Gasteiger partial charge in [0, 0.05) is 5.69 Å². The van der Waals surface area contributed by atoms with Gasteiger partial charge in [0.05, 0.1) is 13.2 Å². The highest BCUT2D eigenvalue weighted by Gasteiger charge is 2.07. The van der Waals surface area contributed by atoms with Crippen LogP contribution in [0.15, 0.2) is 24.3 Å². The quantitative estimate of drug-likeness (QED) is 0.671. The van der Waals surface area contributed by atoms with Gasteiger partial charge < -0.3 is 10.1 Å². The first kappa shape index (κ1) is 17.5. The van der Waals surface area contributed by atoms with E-state index in [-0.39, 0.29) is 5.91 Å². The van der Waals surface area contributed by atoms with Crippen LogP contribution >= 0.6 is 0 Å². The summed E-state index contributed by atoms with van der Waals surface area (Å²) < 4.78 is 5.65. The molecule has 4 nitrogen and oxygen atoms in total. The van der Waals surface area contributed by atoms with Gasteiger partial charge in [0.15, 0.2) is 0 Å². The van der Waals surface area contributed by atoms with Crippen LogP contribution in [0.3, 0.4) is 0 Å². The highest BCUT2D eigenvalue weighted by molar-refractivity contribution is 5.92. The Morgan fingerprint density at radius 3 is 2.33 bits per heavy atom. The molecule has 0 atom stereocenters. The molecule has 1 rings (SSSR count). The first-order chi connectivity index (χ1) is 10.2. The number of nitrogens with one attached hydrogen (secondary N) is 1. The molecule has 0 aliphatic carbocycles. The normalized spacial score (nSPS) is 10.7. The van der Waals surface area contributed by atoms with E-state index in [9.17, 15) is 4.79 Å². The molecule has 0 saturated carbocycles. The molecular weight excluding hydrogens is 264 g/mol. The highest BCUT2D eigenvalue weighted by atomic mass is 16.5. The van der Waals surface area contributed by atoms with Gasteiger partial charge >= 0.3 is 0 Å². The summed E-state index contributed by atoms with van der Waals surface area (Å²) in [5.74, 6) is 0.878. The summed E-state index contributed by atoms with van der Waals surface area (Å²) in [5.41, 5.74) is 0.813. The molecule has 1 aromatic rings. The molecule has 0 fully saturated rings. The third kappa shape index (κ3) is 7.14. The smallest absolute Gasteiger partial charge is 0.238 e. The number of hydrogen-bond donors (Lipinski definition) is 1. The number of unbranched alkanes of at least 4 members (excludes halogenated alkanes) is 2. The van der Waals surface area contributed by atoms with Crippen LogP contribution in [0.1, 0.15) is 40.0 Å². The average Bonchev–Trinajstić information content (AvgIpc) is 2.51. The summed E-state index contributed by atoms with van der Waals surface area (Å²) in [4.78, 5) is 14.0. The molecule has 1 amide bonds. The van der Waals surface area contributed by atoms with E-state index < -0.39 is 0 Å². The Bertz CT molecular complexity index is 400. The molecule has 21 heavy (non-hydrogen) atoms. The average molecular weight is 292 g/mol. The number of amides is 1. The van der Waals surface area contributed by atoms with Crippen LogP contribution in [-0.4, -0.2) is 37.0 Å². The topological polar surface area (TPSA) is 41.6 Å². The molecule has 0 spiro atoms. The first-order valence-electron chi connectivity index (χ1n) is 7.94. The summed E-state index contributed by atoms with van der Waals surface area (Å²) in [7, 11) is 0. The Hall–Kier alpha value is -1.55. The fourth-order valence-corrected chi connectivity index (χ4v) is 2.03. The molecule has 0 bridgehead atoms. The predicted octanol–water partition coefficient (Wildman–Crippen LogP) is 3.54. The fraction of sp³-hybridized carbons (Fsp3) is 0.588. The van der Waals surface area contributed by atoms with E-state index in [2.05, 4.69) is 31.0 Å². The molecule has 118 valence electrons. The second kappa shape index (κ2) is 10.2. The van der Waals surface area contributed by atoms with Crippen molar-refractivity contribution in [2.45, 2.75) is 40.0 Å². The van der Waals surface area contributed by atoms with Crippen molar-refractivity contribution in [1.82, 2.24) is 4.90 Å². The molecule has 0 aliphatic rings. The minimum Gasteiger partial charge on any atom is -0.494 e. The molecule has 0 unspecified atom stereocenters. The number of anilines is 1. The van der Waals surface area contributed by atoms with Gasteiger partial charge in [-0.25, -0.2) is 0 Å². The molecule has 0 aromatic heterocycles.